The molecule has 0 unspecified atom stereocenters. The minimum Gasteiger partial charge on any atom is -0.299 e. The van der Waals surface area contributed by atoms with Crippen molar-refractivity contribution in [2.24, 2.45) is 0 Å². The summed E-state index contributed by atoms with van der Waals surface area (Å²) in [7, 11) is -3.50. The minimum atomic E-state index is -3.50. The fraction of sp³-hybridized carbons (Fsp3) is 0.500. The molecule has 2 aliphatic rings. The molecule has 2 fully saturated rings. The van der Waals surface area contributed by atoms with E-state index in [4.69, 9.17) is 0 Å². The highest BCUT2D eigenvalue weighted by Gasteiger charge is 2.31. The molecule has 9 heteroatoms. The normalized spacial score (nSPS) is 20.4. The van der Waals surface area contributed by atoms with Gasteiger partial charge in [0.1, 0.15) is 0 Å². The first kappa shape index (κ1) is 18.5. The van der Waals surface area contributed by atoms with Crippen molar-refractivity contribution in [1.82, 2.24) is 14.1 Å². The first-order valence-corrected chi connectivity index (χ1v) is 10.4. The highest BCUT2D eigenvalue weighted by molar-refractivity contribution is 9.10. The Balaban J connectivity index is 1.55. The molecule has 0 aliphatic carbocycles. The Morgan fingerprint density at radius 1 is 0.960 bits per heavy atom. The average Bonchev–Trinajstić information content (AvgIpc) is 2.91. The third-order valence-corrected chi connectivity index (χ3v) is 6.95. The summed E-state index contributed by atoms with van der Waals surface area (Å²) in [6.45, 7) is 2.94. The number of hydrogen-bond acceptors (Lipinski definition) is 5. The van der Waals surface area contributed by atoms with E-state index in [0.29, 0.717) is 52.1 Å². The lowest BCUT2D eigenvalue weighted by Gasteiger charge is -2.34. The van der Waals surface area contributed by atoms with Crippen molar-refractivity contribution < 1.29 is 18.0 Å². The lowest BCUT2D eigenvalue weighted by atomic mass is 10.3. The maximum absolute atomic E-state index is 12.7. The monoisotopic (exact) mass is 429 g/mol. The van der Waals surface area contributed by atoms with E-state index in [1.807, 2.05) is 0 Å². The number of carbonyl (C=O) groups is 2. The van der Waals surface area contributed by atoms with Crippen molar-refractivity contribution in [2.75, 3.05) is 39.3 Å². The maximum atomic E-state index is 12.7. The van der Waals surface area contributed by atoms with Gasteiger partial charge >= 0.3 is 0 Å². The topological polar surface area (TPSA) is 78.0 Å². The molecule has 0 aromatic heterocycles. The molecule has 0 spiro atoms. The van der Waals surface area contributed by atoms with E-state index in [1.54, 1.807) is 24.3 Å². The third kappa shape index (κ3) is 4.11. The van der Waals surface area contributed by atoms with E-state index in [1.165, 1.54) is 9.21 Å². The van der Waals surface area contributed by atoms with Gasteiger partial charge in [0, 0.05) is 56.6 Å². The first-order valence-electron chi connectivity index (χ1n) is 8.19. The second kappa shape index (κ2) is 7.53. The second-order valence-electron chi connectivity index (χ2n) is 6.14. The molecule has 7 nitrogen and oxygen atoms in total. The van der Waals surface area contributed by atoms with Gasteiger partial charge in [-0.05, 0) is 18.2 Å². The maximum Gasteiger partial charge on any atom is 0.243 e. The van der Waals surface area contributed by atoms with E-state index in [0.717, 1.165) is 4.47 Å². The molecule has 0 bridgehead atoms. The predicted molar refractivity (Wildman–Crippen MR) is 95.3 cm³/mol. The van der Waals surface area contributed by atoms with E-state index < -0.39 is 10.0 Å². The summed E-state index contributed by atoms with van der Waals surface area (Å²) in [4.78, 5) is 26.9. The number of amides is 2. The molecule has 2 amide bonds. The van der Waals surface area contributed by atoms with Gasteiger partial charge in [-0.3, -0.25) is 19.4 Å². The lowest BCUT2D eigenvalue weighted by Crippen LogP contribution is -2.50. The van der Waals surface area contributed by atoms with E-state index in [9.17, 15) is 18.0 Å². The molecule has 2 saturated heterocycles. The minimum absolute atomic E-state index is 0.110. The van der Waals surface area contributed by atoms with Crippen LogP contribution in [0.3, 0.4) is 0 Å². The van der Waals surface area contributed by atoms with Crippen molar-refractivity contribution >= 4 is 37.8 Å². The largest absolute Gasteiger partial charge is 0.299 e. The van der Waals surface area contributed by atoms with Crippen molar-refractivity contribution in [3.63, 3.8) is 0 Å². The number of carbonyl (C=O) groups excluding carboxylic acids is 2. The summed E-state index contributed by atoms with van der Waals surface area (Å²) >= 11 is 3.30. The van der Waals surface area contributed by atoms with Crippen LogP contribution < -0.4 is 0 Å². The molecule has 0 N–H and O–H groups in total. The zero-order valence-electron chi connectivity index (χ0n) is 13.7. The summed E-state index contributed by atoms with van der Waals surface area (Å²) < 4.78 is 27.6. The molecule has 3 rings (SSSR count). The second-order valence-corrected chi connectivity index (χ2v) is 9.00. The number of rotatable bonds is 5. The average molecular weight is 430 g/mol. The van der Waals surface area contributed by atoms with Crippen LogP contribution >= 0.6 is 15.9 Å². The van der Waals surface area contributed by atoms with Crippen LogP contribution in [0.15, 0.2) is 33.6 Å². The Kier molecular flexibility index (Phi) is 5.57. The van der Waals surface area contributed by atoms with Crippen molar-refractivity contribution in [3.05, 3.63) is 28.7 Å². The van der Waals surface area contributed by atoms with Gasteiger partial charge in [-0.25, -0.2) is 8.42 Å². The SMILES string of the molecule is O=C1CCC(=O)N1CCN1CCN(S(=O)(=O)c2cccc(Br)c2)CC1. The van der Waals surface area contributed by atoms with Gasteiger partial charge < -0.3 is 0 Å². The number of nitrogens with zero attached hydrogens (tertiary/aromatic N) is 3. The Bertz CT molecular complexity index is 759. The standard InChI is InChI=1S/C16H20BrN3O4S/c17-13-2-1-3-14(12-13)25(23,24)19-9-6-18(7-10-19)8-11-20-15(21)4-5-16(20)22/h1-3,12H,4-11H2. The molecule has 1 aromatic carbocycles. The number of piperazine rings is 1. The summed E-state index contributed by atoms with van der Waals surface area (Å²) in [6.07, 6.45) is 0.606. The quantitative estimate of drug-likeness (QED) is 0.649. The van der Waals surface area contributed by atoms with Crippen LogP contribution in [0.5, 0.6) is 0 Å². The van der Waals surface area contributed by atoms with Crippen LogP contribution in [0.2, 0.25) is 0 Å². The molecular weight excluding hydrogens is 410 g/mol. The van der Waals surface area contributed by atoms with Crippen molar-refractivity contribution in [1.29, 1.82) is 0 Å². The highest BCUT2D eigenvalue weighted by atomic mass is 79.9. The fourth-order valence-corrected chi connectivity index (χ4v) is 5.10. The molecule has 136 valence electrons. The smallest absolute Gasteiger partial charge is 0.243 e. The molecular formula is C16H20BrN3O4S. The zero-order chi connectivity index (χ0) is 18.0. The summed E-state index contributed by atoms with van der Waals surface area (Å²) in [6, 6.07) is 6.69. The van der Waals surface area contributed by atoms with E-state index in [-0.39, 0.29) is 16.7 Å². The Labute approximate surface area is 155 Å². The Morgan fingerprint density at radius 3 is 2.20 bits per heavy atom. The van der Waals surface area contributed by atoms with Crippen LogP contribution in [-0.4, -0.2) is 73.6 Å². The fourth-order valence-electron chi connectivity index (χ4n) is 3.08. The van der Waals surface area contributed by atoms with Crippen LogP contribution in [0, 0.1) is 0 Å². The van der Waals surface area contributed by atoms with Crippen LogP contribution in [0.1, 0.15) is 12.8 Å². The molecule has 2 aliphatic heterocycles. The summed E-state index contributed by atoms with van der Waals surface area (Å²) in [5.41, 5.74) is 0. The van der Waals surface area contributed by atoms with Crippen molar-refractivity contribution in [3.8, 4) is 0 Å². The number of halogens is 1. The number of benzene rings is 1. The summed E-state index contributed by atoms with van der Waals surface area (Å²) in [5, 5.41) is 0. The molecule has 1 aromatic rings. The van der Waals surface area contributed by atoms with Gasteiger partial charge in [-0.15, -0.1) is 0 Å². The first-order chi connectivity index (χ1) is 11.9. The van der Waals surface area contributed by atoms with Gasteiger partial charge in [0.15, 0.2) is 0 Å². The molecule has 0 saturated carbocycles. The Morgan fingerprint density at radius 2 is 1.60 bits per heavy atom. The number of sulfonamides is 1. The molecule has 2 heterocycles. The van der Waals surface area contributed by atoms with Crippen LogP contribution in [0.25, 0.3) is 0 Å². The third-order valence-electron chi connectivity index (χ3n) is 4.56. The lowest BCUT2D eigenvalue weighted by molar-refractivity contribution is -0.138. The van der Waals surface area contributed by atoms with E-state index >= 15 is 0 Å². The van der Waals surface area contributed by atoms with Gasteiger partial charge in [0.25, 0.3) is 0 Å². The molecule has 0 radical (unpaired) electrons. The molecule has 25 heavy (non-hydrogen) atoms. The van der Waals surface area contributed by atoms with Gasteiger partial charge in [0.05, 0.1) is 4.90 Å². The number of likely N-dealkylation sites (tertiary alicyclic amines) is 1. The molecule has 0 atom stereocenters. The van der Waals surface area contributed by atoms with Crippen LogP contribution in [-0.2, 0) is 19.6 Å². The van der Waals surface area contributed by atoms with Gasteiger partial charge in [-0.1, -0.05) is 22.0 Å². The highest BCUT2D eigenvalue weighted by Crippen LogP contribution is 2.21. The van der Waals surface area contributed by atoms with Crippen molar-refractivity contribution in [2.45, 2.75) is 17.7 Å². The predicted octanol–water partition coefficient (Wildman–Crippen LogP) is 0.904. The number of imide groups is 1. The van der Waals surface area contributed by atoms with Gasteiger partial charge in [-0.2, -0.15) is 4.31 Å². The zero-order valence-corrected chi connectivity index (χ0v) is 16.1. The van der Waals surface area contributed by atoms with Crippen LogP contribution in [0.4, 0.5) is 0 Å². The van der Waals surface area contributed by atoms with Gasteiger partial charge in [0.2, 0.25) is 21.8 Å². The van der Waals surface area contributed by atoms with E-state index in [2.05, 4.69) is 20.8 Å². The summed E-state index contributed by atoms with van der Waals surface area (Å²) in [5.74, 6) is -0.221. The Hall–Kier alpha value is -1.29. The number of hydrogen-bond donors (Lipinski definition) is 0.